The van der Waals surface area contributed by atoms with Gasteiger partial charge in [-0.25, -0.2) is 4.98 Å². The van der Waals surface area contributed by atoms with Crippen LogP contribution in [0, 0.1) is 0 Å². The predicted octanol–water partition coefficient (Wildman–Crippen LogP) is 6.09. The van der Waals surface area contributed by atoms with Crippen LogP contribution in [0.2, 0.25) is 5.02 Å². The van der Waals surface area contributed by atoms with Gasteiger partial charge in [-0.1, -0.05) is 29.0 Å². The second-order valence-electron chi connectivity index (χ2n) is 5.27. The van der Waals surface area contributed by atoms with Gasteiger partial charge in [0.1, 0.15) is 0 Å². The molecule has 3 rings (SSSR count). The van der Waals surface area contributed by atoms with Gasteiger partial charge >= 0.3 is 6.18 Å². The highest BCUT2D eigenvalue weighted by Crippen LogP contribution is 2.37. The Morgan fingerprint density at radius 1 is 1.19 bits per heavy atom. The molecule has 0 saturated carbocycles. The van der Waals surface area contributed by atoms with E-state index in [0.29, 0.717) is 15.5 Å². The molecule has 9 heteroatoms. The summed E-state index contributed by atoms with van der Waals surface area (Å²) in [4.78, 5) is 16.9. The van der Waals surface area contributed by atoms with Gasteiger partial charge in [-0.3, -0.25) is 4.79 Å². The van der Waals surface area contributed by atoms with E-state index in [1.165, 1.54) is 17.8 Å². The van der Waals surface area contributed by atoms with Gasteiger partial charge < -0.3 is 5.32 Å². The first kappa shape index (κ1) is 19.0. The van der Waals surface area contributed by atoms with Crippen molar-refractivity contribution in [2.75, 3.05) is 11.1 Å². The van der Waals surface area contributed by atoms with Gasteiger partial charge in [-0.15, -0.1) is 11.8 Å². The molecule has 0 radical (unpaired) electrons. The lowest BCUT2D eigenvalue weighted by Crippen LogP contribution is -2.12. The van der Waals surface area contributed by atoms with E-state index in [-0.39, 0.29) is 23.0 Å². The van der Waals surface area contributed by atoms with E-state index >= 15 is 0 Å². The summed E-state index contributed by atoms with van der Waals surface area (Å²) in [7, 11) is 0. The molecule has 26 heavy (non-hydrogen) atoms. The minimum absolute atomic E-state index is 0.143. The van der Waals surface area contributed by atoms with Crippen molar-refractivity contribution in [2.45, 2.75) is 17.5 Å². The predicted molar refractivity (Wildman–Crippen MR) is 100 cm³/mol. The fourth-order valence-corrected chi connectivity index (χ4v) is 4.09. The largest absolute Gasteiger partial charge is 0.418 e. The number of alkyl halides is 3. The molecule has 3 aromatic rings. The molecule has 0 fully saturated rings. The molecule has 1 heterocycles. The molecule has 0 bridgehead atoms. The van der Waals surface area contributed by atoms with Crippen LogP contribution in [0.4, 0.5) is 18.3 Å². The third-order valence-corrected chi connectivity index (χ3v) is 5.58. The van der Waals surface area contributed by atoms with Crippen molar-refractivity contribution in [1.82, 2.24) is 4.98 Å². The van der Waals surface area contributed by atoms with E-state index in [2.05, 4.69) is 10.3 Å². The molecule has 1 N–H and O–H groups in total. The summed E-state index contributed by atoms with van der Waals surface area (Å²) >= 11 is 8.33. The topological polar surface area (TPSA) is 42.0 Å². The van der Waals surface area contributed by atoms with Crippen molar-refractivity contribution in [2.24, 2.45) is 0 Å². The Kier molecular flexibility index (Phi) is 5.74. The summed E-state index contributed by atoms with van der Waals surface area (Å²) in [6.45, 7) is 0. The molecule has 0 atom stereocenters. The van der Waals surface area contributed by atoms with Gasteiger partial charge in [0.25, 0.3) is 0 Å². The molecular formula is C17H12ClF3N2OS2. The Morgan fingerprint density at radius 2 is 1.92 bits per heavy atom. The molecule has 0 aliphatic rings. The maximum absolute atomic E-state index is 13.0. The summed E-state index contributed by atoms with van der Waals surface area (Å²) in [5, 5.41) is 3.38. The van der Waals surface area contributed by atoms with E-state index in [1.807, 2.05) is 12.1 Å². The highest BCUT2D eigenvalue weighted by molar-refractivity contribution is 7.99. The van der Waals surface area contributed by atoms with Crippen molar-refractivity contribution < 1.29 is 18.0 Å². The summed E-state index contributed by atoms with van der Waals surface area (Å²) < 4.78 is 39.4. The van der Waals surface area contributed by atoms with Crippen LogP contribution >= 0.6 is 34.7 Å². The average Bonchev–Trinajstić information content (AvgIpc) is 2.97. The number of hydrogen-bond donors (Lipinski definition) is 1. The van der Waals surface area contributed by atoms with E-state index in [1.54, 1.807) is 18.2 Å². The first-order valence-corrected chi connectivity index (χ1v) is 9.66. The number of hydrogen-bond acceptors (Lipinski definition) is 4. The standard InChI is InChI=1S/C17H12ClF3N2OS2/c18-10-4-6-11(7-5-10)25-9-8-14(24)22-16-23-15-12(17(19,20)21)2-1-3-13(15)26-16/h1-7H,8-9H2,(H,22,23,24). The van der Waals surface area contributed by atoms with E-state index in [0.717, 1.165) is 22.3 Å². The van der Waals surface area contributed by atoms with Crippen LogP contribution in [0.3, 0.4) is 0 Å². The molecule has 2 aromatic carbocycles. The fraction of sp³-hybridized carbons (Fsp3) is 0.176. The number of thioether (sulfide) groups is 1. The van der Waals surface area contributed by atoms with Crippen LogP contribution in [0.1, 0.15) is 12.0 Å². The Bertz CT molecular complexity index is 926. The monoisotopic (exact) mass is 416 g/mol. The molecule has 3 nitrogen and oxygen atoms in total. The van der Waals surface area contributed by atoms with E-state index in [9.17, 15) is 18.0 Å². The van der Waals surface area contributed by atoms with Gasteiger partial charge in [0, 0.05) is 22.1 Å². The van der Waals surface area contributed by atoms with Crippen LogP contribution in [0.25, 0.3) is 10.2 Å². The number of thiazole rings is 1. The Hall–Kier alpha value is -1.77. The zero-order valence-electron chi connectivity index (χ0n) is 13.1. The molecule has 1 aromatic heterocycles. The molecule has 136 valence electrons. The Balaban J connectivity index is 1.61. The number of nitrogens with one attached hydrogen (secondary N) is 1. The van der Waals surface area contributed by atoms with Gasteiger partial charge in [0.15, 0.2) is 5.13 Å². The normalized spacial score (nSPS) is 11.7. The number of aromatic nitrogens is 1. The Labute approximate surface area is 160 Å². The number of para-hydroxylation sites is 1. The smallest absolute Gasteiger partial charge is 0.302 e. The number of carbonyl (C=O) groups is 1. The fourth-order valence-electron chi connectivity index (χ4n) is 2.20. The van der Waals surface area contributed by atoms with Gasteiger partial charge in [-0.2, -0.15) is 13.2 Å². The minimum atomic E-state index is -4.48. The third kappa shape index (κ3) is 4.69. The number of anilines is 1. The molecule has 0 aliphatic carbocycles. The van der Waals surface area contributed by atoms with Gasteiger partial charge in [0.2, 0.25) is 5.91 Å². The number of amides is 1. The minimum Gasteiger partial charge on any atom is -0.302 e. The van der Waals surface area contributed by atoms with Crippen molar-refractivity contribution in [3.05, 3.63) is 53.1 Å². The SMILES string of the molecule is O=C(CCSc1ccc(Cl)cc1)Nc1nc2c(C(F)(F)F)cccc2s1. The summed E-state index contributed by atoms with van der Waals surface area (Å²) in [6.07, 6.45) is -4.26. The lowest BCUT2D eigenvalue weighted by molar-refractivity contribution is -0.136. The molecule has 1 amide bonds. The molecular weight excluding hydrogens is 405 g/mol. The molecule has 0 spiro atoms. The quantitative estimate of drug-likeness (QED) is 0.512. The van der Waals surface area contributed by atoms with Crippen molar-refractivity contribution >= 4 is 56.0 Å². The summed E-state index contributed by atoms with van der Waals surface area (Å²) in [6, 6.07) is 11.1. The van der Waals surface area contributed by atoms with Crippen molar-refractivity contribution in [3.8, 4) is 0 Å². The number of benzene rings is 2. The average molecular weight is 417 g/mol. The lowest BCUT2D eigenvalue weighted by atomic mass is 10.2. The van der Waals surface area contributed by atoms with Gasteiger partial charge in [-0.05, 0) is 36.4 Å². The van der Waals surface area contributed by atoms with Crippen molar-refractivity contribution in [3.63, 3.8) is 0 Å². The summed E-state index contributed by atoms with van der Waals surface area (Å²) in [5.41, 5.74) is -0.944. The molecule has 0 unspecified atom stereocenters. The molecule has 0 saturated heterocycles. The van der Waals surface area contributed by atoms with Crippen LogP contribution < -0.4 is 5.32 Å². The van der Waals surface area contributed by atoms with Crippen LogP contribution in [-0.4, -0.2) is 16.6 Å². The number of carbonyl (C=O) groups excluding carboxylic acids is 1. The maximum atomic E-state index is 13.0. The summed E-state index contributed by atoms with van der Waals surface area (Å²) in [5.74, 6) is 0.241. The number of nitrogens with zero attached hydrogens (tertiary/aromatic N) is 1. The third-order valence-electron chi connectivity index (χ3n) is 3.38. The highest BCUT2D eigenvalue weighted by Gasteiger charge is 2.33. The Morgan fingerprint density at radius 3 is 2.62 bits per heavy atom. The van der Waals surface area contributed by atoms with Crippen LogP contribution in [0.5, 0.6) is 0 Å². The van der Waals surface area contributed by atoms with E-state index in [4.69, 9.17) is 11.6 Å². The zero-order chi connectivity index (χ0) is 18.7. The number of halogens is 4. The van der Waals surface area contributed by atoms with E-state index < -0.39 is 11.7 Å². The van der Waals surface area contributed by atoms with Crippen LogP contribution in [0.15, 0.2) is 47.4 Å². The highest BCUT2D eigenvalue weighted by atomic mass is 35.5. The lowest BCUT2D eigenvalue weighted by Gasteiger charge is -2.06. The van der Waals surface area contributed by atoms with Crippen molar-refractivity contribution in [1.29, 1.82) is 0 Å². The number of fused-ring (bicyclic) bond motifs is 1. The van der Waals surface area contributed by atoms with Gasteiger partial charge in [0.05, 0.1) is 15.8 Å². The number of rotatable bonds is 5. The second kappa shape index (κ2) is 7.85. The van der Waals surface area contributed by atoms with Crippen LogP contribution in [-0.2, 0) is 11.0 Å². The maximum Gasteiger partial charge on any atom is 0.418 e. The first-order valence-electron chi connectivity index (χ1n) is 7.48. The molecule has 0 aliphatic heterocycles. The second-order valence-corrected chi connectivity index (χ2v) is 7.91. The first-order chi connectivity index (χ1) is 12.3. The zero-order valence-corrected chi connectivity index (χ0v) is 15.5.